The van der Waals surface area contributed by atoms with E-state index in [1.54, 1.807) is 7.11 Å². The van der Waals surface area contributed by atoms with Crippen molar-refractivity contribution in [3.05, 3.63) is 42.4 Å². The molecule has 0 amide bonds. The normalized spacial score (nSPS) is 29.5. The van der Waals surface area contributed by atoms with Crippen LogP contribution in [0.4, 0.5) is 0 Å². The first-order valence-electron chi connectivity index (χ1n) is 7.18. The second-order valence-electron chi connectivity index (χ2n) is 5.14. The average molecular weight is 263 g/mol. The minimum absolute atomic E-state index is 0.0745. The molecule has 0 aromatic rings. The smallest absolute Gasteiger partial charge is 0.0843 e. The van der Waals surface area contributed by atoms with Gasteiger partial charge >= 0.3 is 0 Å². The van der Waals surface area contributed by atoms with Gasteiger partial charge in [-0.3, -0.25) is 0 Å². The standard InChI is InChI=1S/C17H27O2/c1-5-6-7-8-9-10-11-14(2)17-12-16(18-4)15(3)13-19-17/h7-12,15-17H,5-6,13H2,1-4H3/b8-7+,10-9+,14-11+. The van der Waals surface area contributed by atoms with Crippen molar-refractivity contribution in [1.29, 1.82) is 0 Å². The fraction of sp³-hybridized carbons (Fsp3) is 0.588. The Hall–Kier alpha value is -0.860. The molecule has 19 heavy (non-hydrogen) atoms. The molecule has 0 saturated carbocycles. The lowest BCUT2D eigenvalue weighted by Gasteiger charge is -2.33. The average Bonchev–Trinajstić information content (AvgIpc) is 2.43. The molecule has 3 atom stereocenters. The molecule has 0 aliphatic carbocycles. The lowest BCUT2D eigenvalue weighted by molar-refractivity contribution is -0.0403. The quantitative estimate of drug-likeness (QED) is 0.672. The van der Waals surface area contributed by atoms with Crippen LogP contribution in [0.5, 0.6) is 0 Å². The molecule has 1 aliphatic heterocycles. The van der Waals surface area contributed by atoms with Gasteiger partial charge < -0.3 is 9.47 Å². The van der Waals surface area contributed by atoms with E-state index in [0.717, 1.165) is 13.0 Å². The molecule has 2 nitrogen and oxygen atoms in total. The van der Waals surface area contributed by atoms with Gasteiger partial charge in [0.05, 0.1) is 18.8 Å². The first-order valence-corrected chi connectivity index (χ1v) is 7.18. The van der Waals surface area contributed by atoms with Gasteiger partial charge in [-0.2, -0.15) is 0 Å². The van der Waals surface area contributed by atoms with Gasteiger partial charge in [0, 0.05) is 19.4 Å². The number of ether oxygens (including phenoxy) is 2. The summed E-state index contributed by atoms with van der Waals surface area (Å²) in [7, 11) is 1.76. The minimum Gasteiger partial charge on any atom is -0.381 e. The number of allylic oxidation sites excluding steroid dienone is 5. The van der Waals surface area contributed by atoms with E-state index in [1.807, 2.05) is 0 Å². The molecular formula is C17H27O2. The summed E-state index contributed by atoms with van der Waals surface area (Å²) in [5.74, 6) is 0.432. The van der Waals surface area contributed by atoms with E-state index in [9.17, 15) is 0 Å². The first kappa shape index (κ1) is 16.2. The highest BCUT2D eigenvalue weighted by molar-refractivity contribution is 5.21. The van der Waals surface area contributed by atoms with E-state index in [1.165, 1.54) is 12.0 Å². The number of rotatable bonds is 6. The predicted molar refractivity (Wildman–Crippen MR) is 80.9 cm³/mol. The van der Waals surface area contributed by atoms with E-state index < -0.39 is 0 Å². The largest absolute Gasteiger partial charge is 0.381 e. The third-order valence-electron chi connectivity index (χ3n) is 3.36. The van der Waals surface area contributed by atoms with Crippen LogP contribution in [-0.2, 0) is 9.47 Å². The van der Waals surface area contributed by atoms with Crippen LogP contribution >= 0.6 is 0 Å². The van der Waals surface area contributed by atoms with E-state index in [2.05, 4.69) is 57.6 Å². The molecule has 0 bridgehead atoms. The molecule has 1 saturated heterocycles. The van der Waals surface area contributed by atoms with Gasteiger partial charge in [0.2, 0.25) is 0 Å². The molecule has 1 aliphatic rings. The van der Waals surface area contributed by atoms with Crippen LogP contribution in [0, 0.1) is 12.3 Å². The van der Waals surface area contributed by atoms with Crippen molar-refractivity contribution >= 4 is 0 Å². The van der Waals surface area contributed by atoms with E-state index in [4.69, 9.17) is 9.47 Å². The van der Waals surface area contributed by atoms with Gasteiger partial charge in [0.25, 0.3) is 0 Å². The van der Waals surface area contributed by atoms with E-state index in [-0.39, 0.29) is 12.2 Å². The van der Waals surface area contributed by atoms with Crippen molar-refractivity contribution in [1.82, 2.24) is 0 Å². The number of unbranched alkanes of at least 4 members (excludes halogenated alkanes) is 1. The monoisotopic (exact) mass is 263 g/mol. The molecule has 107 valence electrons. The Balaban J connectivity index is 2.46. The highest BCUT2D eigenvalue weighted by atomic mass is 16.5. The molecule has 3 unspecified atom stereocenters. The maximum atomic E-state index is 5.82. The lowest BCUT2D eigenvalue weighted by Crippen LogP contribution is -2.38. The van der Waals surface area contributed by atoms with Crippen LogP contribution in [0.3, 0.4) is 0 Å². The van der Waals surface area contributed by atoms with Crippen molar-refractivity contribution in [3.63, 3.8) is 0 Å². The highest BCUT2D eigenvalue weighted by Gasteiger charge is 2.29. The second kappa shape index (κ2) is 9.11. The fourth-order valence-corrected chi connectivity index (χ4v) is 2.07. The Morgan fingerprint density at radius 1 is 1.37 bits per heavy atom. The molecule has 0 N–H and O–H groups in total. The summed E-state index contributed by atoms with van der Waals surface area (Å²) in [6.07, 6.45) is 15.3. The zero-order valence-electron chi connectivity index (χ0n) is 12.6. The van der Waals surface area contributed by atoms with Crippen LogP contribution < -0.4 is 0 Å². The van der Waals surface area contributed by atoms with Gasteiger partial charge in [-0.05, 0) is 18.9 Å². The SMILES string of the molecule is CCC/C=C/C=C/C=C(\C)C1[CH]C(OC)C(C)CO1. The summed E-state index contributed by atoms with van der Waals surface area (Å²) in [5.41, 5.74) is 1.22. The fourth-order valence-electron chi connectivity index (χ4n) is 2.07. The Bertz CT molecular complexity index is 328. The van der Waals surface area contributed by atoms with Crippen LogP contribution in [-0.4, -0.2) is 25.9 Å². The van der Waals surface area contributed by atoms with Gasteiger partial charge in [0.15, 0.2) is 0 Å². The van der Waals surface area contributed by atoms with Crippen LogP contribution in [0.1, 0.15) is 33.6 Å². The van der Waals surface area contributed by atoms with Crippen molar-refractivity contribution in [2.45, 2.75) is 45.8 Å². The maximum Gasteiger partial charge on any atom is 0.0843 e. The van der Waals surface area contributed by atoms with Gasteiger partial charge in [0.1, 0.15) is 0 Å². The third kappa shape index (κ3) is 5.75. The number of hydrogen-bond acceptors (Lipinski definition) is 2. The molecule has 2 heteroatoms. The predicted octanol–water partition coefficient (Wildman–Crippen LogP) is 4.10. The van der Waals surface area contributed by atoms with E-state index in [0.29, 0.717) is 5.92 Å². The molecule has 1 heterocycles. The Morgan fingerprint density at radius 2 is 2.16 bits per heavy atom. The van der Waals surface area contributed by atoms with Crippen molar-refractivity contribution in [2.75, 3.05) is 13.7 Å². The molecule has 0 aromatic heterocycles. The summed E-state index contributed by atoms with van der Waals surface area (Å²) in [4.78, 5) is 0. The van der Waals surface area contributed by atoms with Crippen molar-refractivity contribution < 1.29 is 9.47 Å². The molecule has 1 radical (unpaired) electrons. The van der Waals surface area contributed by atoms with Crippen molar-refractivity contribution in [2.24, 2.45) is 5.92 Å². The summed E-state index contributed by atoms with van der Waals surface area (Å²) in [5, 5.41) is 0. The molecule has 1 fully saturated rings. The summed E-state index contributed by atoms with van der Waals surface area (Å²) < 4.78 is 11.3. The Labute approximate surface area is 118 Å². The summed E-state index contributed by atoms with van der Waals surface area (Å²) in [6.45, 7) is 7.19. The third-order valence-corrected chi connectivity index (χ3v) is 3.36. The zero-order valence-corrected chi connectivity index (χ0v) is 12.6. The van der Waals surface area contributed by atoms with Crippen LogP contribution in [0.25, 0.3) is 0 Å². The van der Waals surface area contributed by atoms with Crippen LogP contribution in [0.2, 0.25) is 0 Å². The van der Waals surface area contributed by atoms with Crippen LogP contribution in [0.15, 0.2) is 36.0 Å². The highest BCUT2D eigenvalue weighted by Crippen LogP contribution is 2.24. The topological polar surface area (TPSA) is 18.5 Å². The lowest BCUT2D eigenvalue weighted by atomic mass is 9.93. The molecule has 0 aromatic carbocycles. The van der Waals surface area contributed by atoms with Crippen molar-refractivity contribution in [3.8, 4) is 0 Å². The van der Waals surface area contributed by atoms with Gasteiger partial charge in [-0.1, -0.05) is 50.6 Å². The van der Waals surface area contributed by atoms with E-state index >= 15 is 0 Å². The van der Waals surface area contributed by atoms with Gasteiger partial charge in [-0.15, -0.1) is 0 Å². The Morgan fingerprint density at radius 3 is 2.84 bits per heavy atom. The molecular weight excluding hydrogens is 236 g/mol. The molecule has 1 rings (SSSR count). The summed E-state index contributed by atoms with van der Waals surface area (Å²) in [6, 6.07) is 0. The van der Waals surface area contributed by atoms with Gasteiger partial charge in [-0.25, -0.2) is 0 Å². The summed E-state index contributed by atoms with van der Waals surface area (Å²) >= 11 is 0. The first-order chi connectivity index (χ1) is 9.19. The molecule has 0 spiro atoms. The Kier molecular flexibility index (Phi) is 7.76. The zero-order chi connectivity index (χ0) is 14.1. The minimum atomic E-state index is 0.0745. The second-order valence-corrected chi connectivity index (χ2v) is 5.14. The number of hydrogen-bond donors (Lipinski definition) is 0. The number of methoxy groups -OCH3 is 1. The maximum absolute atomic E-state index is 5.82.